The maximum Gasteiger partial charge on any atom is 0.194 e. The van der Waals surface area contributed by atoms with Gasteiger partial charge in [-0.15, -0.1) is 0 Å². The molecule has 5 nitrogen and oxygen atoms in total. The van der Waals surface area contributed by atoms with Gasteiger partial charge in [0.2, 0.25) is 0 Å². The van der Waals surface area contributed by atoms with E-state index in [-0.39, 0.29) is 30.1 Å². The summed E-state index contributed by atoms with van der Waals surface area (Å²) >= 11 is 0. The Morgan fingerprint density at radius 3 is 2.64 bits per heavy atom. The van der Waals surface area contributed by atoms with E-state index in [1.807, 2.05) is 17.9 Å². The molecule has 0 aliphatic carbocycles. The Hall–Kier alpha value is -2.98. The minimum absolute atomic E-state index is 0.0472. The first-order valence-electron chi connectivity index (χ1n) is 9.05. The van der Waals surface area contributed by atoms with Gasteiger partial charge in [0.25, 0.3) is 0 Å². The number of nitrogens with one attached hydrogen (secondary N) is 1. The normalized spacial score (nSPS) is 20.0. The predicted octanol–water partition coefficient (Wildman–Crippen LogP) is 3.37. The van der Waals surface area contributed by atoms with Crippen molar-refractivity contribution in [1.82, 2.24) is 10.2 Å². The van der Waals surface area contributed by atoms with E-state index in [2.05, 4.69) is 10.3 Å². The van der Waals surface area contributed by atoms with Gasteiger partial charge in [-0.1, -0.05) is 18.2 Å². The van der Waals surface area contributed by atoms with Crippen molar-refractivity contribution < 1.29 is 13.5 Å². The lowest BCUT2D eigenvalue weighted by Gasteiger charge is -2.38. The number of ether oxygens (including phenoxy) is 1. The van der Waals surface area contributed by atoms with Gasteiger partial charge >= 0.3 is 0 Å². The van der Waals surface area contributed by atoms with Gasteiger partial charge in [0, 0.05) is 25.7 Å². The average molecular weight is 384 g/mol. The van der Waals surface area contributed by atoms with Crippen LogP contribution in [-0.4, -0.2) is 37.1 Å². The fraction of sp³-hybridized carbons (Fsp3) is 0.333. The molecule has 0 bridgehead atoms. The van der Waals surface area contributed by atoms with E-state index in [4.69, 9.17) is 10.00 Å². The monoisotopic (exact) mass is 384 g/mol. The number of hydrogen-bond acceptors (Lipinski definition) is 3. The van der Waals surface area contributed by atoms with Gasteiger partial charge in [-0.2, -0.15) is 5.26 Å². The Morgan fingerprint density at radius 2 is 2.00 bits per heavy atom. The first-order valence-corrected chi connectivity index (χ1v) is 9.05. The highest BCUT2D eigenvalue weighted by atomic mass is 19.1. The van der Waals surface area contributed by atoms with Crippen LogP contribution >= 0.6 is 0 Å². The van der Waals surface area contributed by atoms with Crippen LogP contribution in [0.3, 0.4) is 0 Å². The number of halogens is 2. The maximum atomic E-state index is 14.1. The third-order valence-corrected chi connectivity index (χ3v) is 4.63. The van der Waals surface area contributed by atoms with Crippen molar-refractivity contribution in [2.24, 2.45) is 4.99 Å². The van der Waals surface area contributed by atoms with Gasteiger partial charge in [0.15, 0.2) is 5.96 Å². The van der Waals surface area contributed by atoms with Gasteiger partial charge in [-0.25, -0.2) is 8.78 Å². The second-order valence-electron chi connectivity index (χ2n) is 6.71. The molecule has 0 radical (unpaired) electrons. The third-order valence-electron chi connectivity index (χ3n) is 4.63. The van der Waals surface area contributed by atoms with Crippen LogP contribution in [0.5, 0.6) is 0 Å². The molecule has 0 spiro atoms. The van der Waals surface area contributed by atoms with Crippen LogP contribution < -0.4 is 5.32 Å². The van der Waals surface area contributed by atoms with Crippen LogP contribution in [0.2, 0.25) is 0 Å². The zero-order chi connectivity index (χ0) is 20.1. The summed E-state index contributed by atoms with van der Waals surface area (Å²) in [5.74, 6) is -0.0843. The van der Waals surface area contributed by atoms with E-state index in [1.165, 1.54) is 18.2 Å². The molecule has 1 fully saturated rings. The van der Waals surface area contributed by atoms with Crippen molar-refractivity contribution in [1.29, 1.82) is 5.26 Å². The van der Waals surface area contributed by atoms with Crippen molar-refractivity contribution in [3.05, 3.63) is 70.8 Å². The lowest BCUT2D eigenvalue weighted by Crippen LogP contribution is -2.50. The molecular formula is C21H22F2N4O. The number of guanidine groups is 1. The van der Waals surface area contributed by atoms with Crippen LogP contribution in [0.4, 0.5) is 8.78 Å². The zero-order valence-electron chi connectivity index (χ0n) is 15.8. The fourth-order valence-electron chi connectivity index (χ4n) is 3.25. The second kappa shape index (κ2) is 8.81. The standard InChI is InChI=1S/C21H22F2N4O/c1-14-12-27(13-20(28-14)16-5-7-18(22)8-6-16)21(25-2)26-11-17-4-3-15(10-24)9-19(17)23/h3-9,14,20H,11-13H2,1-2H3,(H,25,26). The Balaban J connectivity index is 1.69. The number of aliphatic imine (C=N–C) groups is 1. The number of nitriles is 1. The highest BCUT2D eigenvalue weighted by Crippen LogP contribution is 2.25. The van der Waals surface area contributed by atoms with E-state index >= 15 is 0 Å². The van der Waals surface area contributed by atoms with Gasteiger partial charge in [-0.05, 0) is 36.8 Å². The van der Waals surface area contributed by atoms with Crippen molar-refractivity contribution in [2.45, 2.75) is 25.7 Å². The zero-order valence-corrected chi connectivity index (χ0v) is 15.8. The van der Waals surface area contributed by atoms with Crippen LogP contribution in [0.15, 0.2) is 47.5 Å². The van der Waals surface area contributed by atoms with Gasteiger partial charge in [0.05, 0.1) is 24.3 Å². The molecule has 2 atom stereocenters. The summed E-state index contributed by atoms with van der Waals surface area (Å²) in [7, 11) is 1.67. The highest BCUT2D eigenvalue weighted by Gasteiger charge is 2.28. The van der Waals surface area contributed by atoms with Crippen LogP contribution in [0, 0.1) is 23.0 Å². The van der Waals surface area contributed by atoms with E-state index in [0.717, 1.165) is 5.56 Å². The quantitative estimate of drug-likeness (QED) is 0.651. The Bertz CT molecular complexity index is 892. The Kier molecular flexibility index (Phi) is 6.22. The fourth-order valence-corrected chi connectivity index (χ4v) is 3.25. The topological polar surface area (TPSA) is 60.7 Å². The average Bonchev–Trinajstić information content (AvgIpc) is 2.69. The van der Waals surface area contributed by atoms with E-state index < -0.39 is 5.82 Å². The van der Waals surface area contributed by atoms with Crippen molar-refractivity contribution in [3.8, 4) is 6.07 Å². The number of rotatable bonds is 3. The van der Waals surface area contributed by atoms with Crippen molar-refractivity contribution in [2.75, 3.05) is 20.1 Å². The highest BCUT2D eigenvalue weighted by molar-refractivity contribution is 5.80. The molecule has 1 N–H and O–H groups in total. The number of benzene rings is 2. The summed E-state index contributed by atoms with van der Waals surface area (Å²) in [6, 6.07) is 12.6. The number of nitrogens with zero attached hydrogens (tertiary/aromatic N) is 3. The Labute approximate surface area is 163 Å². The number of morpholine rings is 1. The first kappa shape index (κ1) is 19.8. The summed E-state index contributed by atoms with van der Waals surface area (Å²) < 4.78 is 33.3. The molecule has 28 heavy (non-hydrogen) atoms. The molecule has 3 rings (SSSR count). The van der Waals surface area contributed by atoms with Gasteiger partial charge < -0.3 is 15.0 Å². The molecule has 2 aromatic carbocycles. The minimum Gasteiger partial charge on any atom is -0.367 e. The lowest BCUT2D eigenvalue weighted by molar-refractivity contribution is -0.0605. The molecule has 1 aliphatic rings. The molecule has 1 saturated heterocycles. The minimum atomic E-state index is -0.429. The van der Waals surface area contributed by atoms with Crippen molar-refractivity contribution in [3.63, 3.8) is 0 Å². The molecular weight excluding hydrogens is 362 g/mol. The summed E-state index contributed by atoms with van der Waals surface area (Å²) in [4.78, 5) is 6.35. The Morgan fingerprint density at radius 1 is 1.25 bits per heavy atom. The summed E-state index contributed by atoms with van der Waals surface area (Å²) in [6.07, 6.45) is -0.261. The molecule has 2 unspecified atom stereocenters. The van der Waals surface area contributed by atoms with Crippen LogP contribution in [-0.2, 0) is 11.3 Å². The predicted molar refractivity (Wildman–Crippen MR) is 103 cm³/mol. The lowest BCUT2D eigenvalue weighted by atomic mass is 10.1. The summed E-state index contributed by atoms with van der Waals surface area (Å²) in [6.45, 7) is 3.39. The molecule has 0 saturated carbocycles. The molecule has 0 aromatic heterocycles. The maximum absolute atomic E-state index is 14.1. The molecule has 7 heteroatoms. The van der Waals surface area contributed by atoms with Gasteiger partial charge in [-0.3, -0.25) is 4.99 Å². The third kappa shape index (κ3) is 4.65. The molecule has 146 valence electrons. The summed E-state index contributed by atoms with van der Waals surface area (Å²) in [5, 5.41) is 12.0. The SMILES string of the molecule is CN=C(NCc1ccc(C#N)cc1F)N1CC(C)OC(c2ccc(F)cc2)C1. The van der Waals surface area contributed by atoms with Crippen LogP contribution in [0.25, 0.3) is 0 Å². The van der Waals surface area contributed by atoms with E-state index in [0.29, 0.717) is 24.6 Å². The van der Waals surface area contributed by atoms with E-state index in [1.54, 1.807) is 31.3 Å². The molecule has 0 amide bonds. The largest absolute Gasteiger partial charge is 0.367 e. The molecule has 1 aliphatic heterocycles. The van der Waals surface area contributed by atoms with Gasteiger partial charge in [0.1, 0.15) is 17.7 Å². The summed E-state index contributed by atoms with van der Waals surface area (Å²) in [5.41, 5.74) is 1.64. The first-order chi connectivity index (χ1) is 13.5. The smallest absolute Gasteiger partial charge is 0.194 e. The molecule has 1 heterocycles. The van der Waals surface area contributed by atoms with E-state index in [9.17, 15) is 8.78 Å². The number of hydrogen-bond donors (Lipinski definition) is 1. The molecule has 2 aromatic rings. The van der Waals surface area contributed by atoms with Crippen LogP contribution in [0.1, 0.15) is 29.7 Å². The van der Waals surface area contributed by atoms with Crippen molar-refractivity contribution >= 4 is 5.96 Å². The second-order valence-corrected chi connectivity index (χ2v) is 6.71.